The van der Waals surface area contributed by atoms with Crippen LogP contribution in [0.25, 0.3) is 11.1 Å². The van der Waals surface area contributed by atoms with Gasteiger partial charge < -0.3 is 10.2 Å². The number of carbonyl (C=O) groups is 2. The van der Waals surface area contributed by atoms with Crippen LogP contribution in [-0.4, -0.2) is 33.1 Å². The quantitative estimate of drug-likeness (QED) is 0.532. The molecule has 1 aliphatic heterocycles. The summed E-state index contributed by atoms with van der Waals surface area (Å²) in [5.41, 5.74) is 1.69. The Morgan fingerprint density at radius 1 is 1.22 bits per heavy atom. The van der Waals surface area contributed by atoms with Crippen LogP contribution in [0.3, 0.4) is 0 Å². The van der Waals surface area contributed by atoms with Crippen molar-refractivity contribution in [2.75, 3.05) is 16.8 Å². The molecule has 1 saturated heterocycles. The number of aryl methyl sites for hydroxylation is 1. The fraction of sp³-hybridized carbons (Fsp3) is 0.333. The van der Waals surface area contributed by atoms with Crippen molar-refractivity contribution in [3.05, 3.63) is 59.8 Å². The minimum atomic E-state index is -1.01. The molecule has 3 aromatic rings. The largest absolute Gasteiger partial charge is 0.311 e. The average Bonchev–Trinajstić information content (AvgIpc) is 3.52. The highest BCUT2D eigenvalue weighted by Gasteiger charge is 2.56. The van der Waals surface area contributed by atoms with Crippen LogP contribution in [-0.2, 0) is 29.5 Å². The molecular formula is C27H24FN7O2. The monoisotopic (exact) mass is 497 g/mol. The highest BCUT2D eigenvalue weighted by Crippen LogP contribution is 2.52. The number of halogens is 1. The average molecular weight is 498 g/mol. The summed E-state index contributed by atoms with van der Waals surface area (Å²) in [5, 5.41) is 25.8. The first-order valence-corrected chi connectivity index (χ1v) is 12.0. The van der Waals surface area contributed by atoms with Crippen molar-refractivity contribution in [1.82, 2.24) is 14.8 Å². The Morgan fingerprint density at radius 2 is 2.03 bits per heavy atom. The van der Waals surface area contributed by atoms with Crippen LogP contribution in [0, 0.1) is 39.8 Å². The molecule has 0 bridgehead atoms. The standard InChI is InChI=1S/C27H24FN7O2/c1-34-15-19(14-31-34)18-8-17(9-21(28)11-18)10-25(36)33-24-13-23(12-22(32-24)4-6-29)35-7-5-27(16-30,26(35)37)20-2-3-20/h8-9,11-15,20H,2-5,7,10H2,1H3,(H,32,33,36)/t27-/m1/s1. The van der Waals surface area contributed by atoms with Crippen LogP contribution < -0.4 is 10.2 Å². The van der Waals surface area contributed by atoms with Crippen LogP contribution in [0.15, 0.2) is 42.7 Å². The summed E-state index contributed by atoms with van der Waals surface area (Å²) in [4.78, 5) is 32.0. The van der Waals surface area contributed by atoms with E-state index >= 15 is 0 Å². The Labute approximate surface area is 213 Å². The second-order valence-electron chi connectivity index (χ2n) is 9.58. The molecule has 186 valence electrons. The molecule has 0 radical (unpaired) electrons. The van der Waals surface area contributed by atoms with Crippen molar-refractivity contribution < 1.29 is 14.0 Å². The molecule has 1 aliphatic carbocycles. The summed E-state index contributed by atoms with van der Waals surface area (Å²) in [6, 6.07) is 11.9. The summed E-state index contributed by atoms with van der Waals surface area (Å²) >= 11 is 0. The van der Waals surface area contributed by atoms with Gasteiger partial charge in [0.15, 0.2) is 0 Å². The van der Waals surface area contributed by atoms with Gasteiger partial charge in [0.05, 0.1) is 36.9 Å². The lowest BCUT2D eigenvalue weighted by Gasteiger charge is -2.22. The minimum Gasteiger partial charge on any atom is -0.311 e. The first-order chi connectivity index (χ1) is 17.8. The number of aromatic nitrogens is 3. The zero-order chi connectivity index (χ0) is 26.2. The van der Waals surface area contributed by atoms with Gasteiger partial charge in [-0.25, -0.2) is 9.37 Å². The minimum absolute atomic E-state index is 0.0108. The zero-order valence-corrected chi connectivity index (χ0v) is 20.2. The molecular weight excluding hydrogens is 473 g/mol. The van der Waals surface area contributed by atoms with Gasteiger partial charge in [0.25, 0.3) is 0 Å². The van der Waals surface area contributed by atoms with Crippen LogP contribution in [0.2, 0.25) is 0 Å². The Kier molecular flexibility index (Phi) is 6.18. The van der Waals surface area contributed by atoms with E-state index in [-0.39, 0.29) is 30.5 Å². The molecule has 2 fully saturated rings. The molecule has 37 heavy (non-hydrogen) atoms. The lowest BCUT2D eigenvalue weighted by atomic mass is 9.83. The predicted octanol–water partition coefficient (Wildman–Crippen LogP) is 3.53. The second-order valence-corrected chi connectivity index (χ2v) is 9.58. The first-order valence-electron chi connectivity index (χ1n) is 12.0. The van der Waals surface area contributed by atoms with E-state index in [0.717, 1.165) is 18.4 Å². The molecule has 1 saturated carbocycles. The Hall–Kier alpha value is -4.57. The number of anilines is 2. The van der Waals surface area contributed by atoms with Gasteiger partial charge in [-0.05, 0) is 54.5 Å². The zero-order valence-electron chi connectivity index (χ0n) is 20.2. The second kappa shape index (κ2) is 9.47. The Bertz CT molecular complexity index is 1480. The van der Waals surface area contributed by atoms with Gasteiger partial charge in [0.1, 0.15) is 17.1 Å². The van der Waals surface area contributed by atoms with Crippen LogP contribution in [0.4, 0.5) is 15.9 Å². The lowest BCUT2D eigenvalue weighted by molar-refractivity contribution is -0.123. The number of carbonyl (C=O) groups excluding carboxylic acids is 2. The van der Waals surface area contributed by atoms with Gasteiger partial charge in [-0.2, -0.15) is 15.6 Å². The number of benzene rings is 1. The summed E-state index contributed by atoms with van der Waals surface area (Å²) in [7, 11) is 1.76. The van der Waals surface area contributed by atoms with Crippen molar-refractivity contribution in [1.29, 1.82) is 10.5 Å². The molecule has 1 aromatic carbocycles. The van der Waals surface area contributed by atoms with Crippen molar-refractivity contribution in [2.45, 2.75) is 32.1 Å². The Balaban J connectivity index is 1.37. The molecule has 0 spiro atoms. The topological polar surface area (TPSA) is 128 Å². The predicted molar refractivity (Wildman–Crippen MR) is 132 cm³/mol. The van der Waals surface area contributed by atoms with Gasteiger partial charge in [-0.1, -0.05) is 6.07 Å². The molecule has 1 N–H and O–H groups in total. The molecule has 1 atom stereocenters. The van der Waals surface area contributed by atoms with Crippen LogP contribution in [0.1, 0.15) is 30.5 Å². The highest BCUT2D eigenvalue weighted by molar-refractivity contribution is 6.02. The van der Waals surface area contributed by atoms with Gasteiger partial charge >= 0.3 is 0 Å². The molecule has 2 aromatic heterocycles. The number of rotatable bonds is 7. The number of pyridine rings is 1. The molecule has 3 heterocycles. The van der Waals surface area contributed by atoms with Crippen LogP contribution in [0.5, 0.6) is 0 Å². The number of hydrogen-bond acceptors (Lipinski definition) is 6. The van der Waals surface area contributed by atoms with Crippen molar-refractivity contribution >= 4 is 23.3 Å². The normalized spacial score (nSPS) is 18.9. The van der Waals surface area contributed by atoms with Gasteiger partial charge in [0.2, 0.25) is 11.8 Å². The molecule has 5 rings (SSSR count). The fourth-order valence-corrected chi connectivity index (χ4v) is 4.96. The maximum Gasteiger partial charge on any atom is 0.247 e. The highest BCUT2D eigenvalue weighted by atomic mass is 19.1. The summed E-state index contributed by atoms with van der Waals surface area (Å²) in [5.74, 6) is -0.869. The number of amides is 2. The van der Waals surface area contributed by atoms with Gasteiger partial charge in [-0.15, -0.1) is 0 Å². The van der Waals surface area contributed by atoms with E-state index in [4.69, 9.17) is 0 Å². The van der Waals surface area contributed by atoms with Crippen molar-refractivity contribution in [3.8, 4) is 23.3 Å². The summed E-state index contributed by atoms with van der Waals surface area (Å²) in [6.45, 7) is 0.382. The molecule has 2 aliphatic rings. The number of hydrogen-bond donors (Lipinski definition) is 1. The van der Waals surface area contributed by atoms with Crippen molar-refractivity contribution in [2.24, 2.45) is 18.4 Å². The Morgan fingerprint density at radius 3 is 2.70 bits per heavy atom. The third-order valence-electron chi connectivity index (χ3n) is 6.89. The van der Waals surface area contributed by atoms with Gasteiger partial charge in [0, 0.05) is 37.1 Å². The van der Waals surface area contributed by atoms with E-state index in [0.29, 0.717) is 35.5 Å². The molecule has 0 unspecified atom stereocenters. The summed E-state index contributed by atoms with van der Waals surface area (Å²) < 4.78 is 15.9. The third-order valence-corrected chi connectivity index (χ3v) is 6.89. The number of nitrogens with zero attached hydrogens (tertiary/aromatic N) is 6. The van der Waals surface area contributed by atoms with Crippen molar-refractivity contribution in [3.63, 3.8) is 0 Å². The fourth-order valence-electron chi connectivity index (χ4n) is 4.96. The van der Waals surface area contributed by atoms with E-state index in [9.17, 15) is 24.5 Å². The van der Waals surface area contributed by atoms with E-state index in [1.807, 2.05) is 6.07 Å². The number of nitrogens with one attached hydrogen (secondary N) is 1. The molecule has 2 amide bonds. The SMILES string of the molecule is Cn1cc(-c2cc(F)cc(CC(=O)Nc3cc(N4CC[C@@](C#N)(C5CC5)C4=O)cc(CC#N)n3)c2)cn1. The van der Waals surface area contributed by atoms with Crippen LogP contribution >= 0.6 is 0 Å². The maximum atomic E-state index is 14.3. The van der Waals surface area contributed by atoms with E-state index in [1.165, 1.54) is 12.1 Å². The lowest BCUT2D eigenvalue weighted by Crippen LogP contribution is -2.35. The van der Waals surface area contributed by atoms with E-state index in [1.54, 1.807) is 47.2 Å². The van der Waals surface area contributed by atoms with Gasteiger partial charge in [-0.3, -0.25) is 14.3 Å². The summed E-state index contributed by atoms with van der Waals surface area (Å²) in [6.07, 6.45) is 5.45. The molecule has 10 heteroatoms. The smallest absolute Gasteiger partial charge is 0.247 e. The maximum absolute atomic E-state index is 14.3. The first kappa shape index (κ1) is 24.1. The number of nitriles is 2. The molecule has 9 nitrogen and oxygen atoms in total. The third kappa shape index (κ3) is 4.78. The van der Waals surface area contributed by atoms with E-state index in [2.05, 4.69) is 21.5 Å². The van der Waals surface area contributed by atoms with E-state index < -0.39 is 17.1 Å².